The maximum absolute atomic E-state index is 8.50. The normalized spacial score (nSPS) is 13.9. The van der Waals surface area contributed by atoms with E-state index in [0.29, 0.717) is 5.25 Å². The molecule has 3 N–H and O–H groups in total. The lowest BCUT2D eigenvalue weighted by atomic mass is 10.2. The van der Waals surface area contributed by atoms with E-state index in [4.69, 9.17) is 10.9 Å². The van der Waals surface area contributed by atoms with Gasteiger partial charge in [-0.25, -0.2) is 0 Å². The Morgan fingerprint density at radius 1 is 1.47 bits per heavy atom. The van der Waals surface area contributed by atoms with Crippen molar-refractivity contribution in [3.05, 3.63) is 29.8 Å². The van der Waals surface area contributed by atoms with Crippen molar-refractivity contribution in [3.63, 3.8) is 0 Å². The molecule has 1 unspecified atom stereocenters. The van der Waals surface area contributed by atoms with E-state index < -0.39 is 0 Å². The molecule has 3 nitrogen and oxygen atoms in total. The van der Waals surface area contributed by atoms with E-state index >= 15 is 0 Å². The highest BCUT2D eigenvalue weighted by Crippen LogP contribution is 2.24. The second-order valence-electron chi connectivity index (χ2n) is 3.35. The first kappa shape index (κ1) is 11.9. The highest BCUT2D eigenvalue weighted by Gasteiger charge is 2.03. The van der Waals surface area contributed by atoms with E-state index in [1.165, 1.54) is 4.90 Å². The van der Waals surface area contributed by atoms with E-state index in [1.54, 1.807) is 0 Å². The van der Waals surface area contributed by atoms with Crippen LogP contribution in [0.5, 0.6) is 0 Å². The van der Waals surface area contributed by atoms with Crippen LogP contribution in [0, 0.1) is 0 Å². The van der Waals surface area contributed by atoms with Gasteiger partial charge in [0.2, 0.25) is 0 Å². The van der Waals surface area contributed by atoms with Crippen LogP contribution in [0.1, 0.15) is 25.8 Å². The van der Waals surface area contributed by atoms with E-state index in [-0.39, 0.29) is 5.84 Å². The lowest BCUT2D eigenvalue weighted by Crippen LogP contribution is -2.12. The van der Waals surface area contributed by atoms with Crippen LogP contribution in [0.2, 0.25) is 0 Å². The molecule has 0 saturated carbocycles. The van der Waals surface area contributed by atoms with Crippen molar-refractivity contribution in [1.82, 2.24) is 0 Å². The molecule has 0 aliphatic rings. The smallest absolute Gasteiger partial charge is 0.170 e. The Balaban J connectivity index is 2.72. The number of thioether (sulfide) groups is 1. The molecule has 0 saturated heterocycles. The maximum Gasteiger partial charge on any atom is 0.170 e. The highest BCUT2D eigenvalue weighted by atomic mass is 32.2. The van der Waals surface area contributed by atoms with Crippen LogP contribution < -0.4 is 5.73 Å². The van der Waals surface area contributed by atoms with Crippen LogP contribution in [0.15, 0.2) is 34.3 Å². The van der Waals surface area contributed by atoms with Crippen LogP contribution in [-0.4, -0.2) is 16.3 Å². The summed E-state index contributed by atoms with van der Waals surface area (Å²) < 4.78 is 0. The maximum atomic E-state index is 8.50. The summed E-state index contributed by atoms with van der Waals surface area (Å²) in [4.78, 5) is 1.21. The summed E-state index contributed by atoms with van der Waals surface area (Å²) in [5.74, 6) is 0.148. The first-order valence-electron chi connectivity index (χ1n) is 4.92. The molecule has 1 aromatic carbocycles. The van der Waals surface area contributed by atoms with Gasteiger partial charge in [0.1, 0.15) is 0 Å². The first-order chi connectivity index (χ1) is 7.17. The lowest BCUT2D eigenvalue weighted by Gasteiger charge is -2.08. The summed E-state index contributed by atoms with van der Waals surface area (Å²) in [6, 6.07) is 7.70. The number of hydrogen-bond donors (Lipinski definition) is 2. The van der Waals surface area contributed by atoms with Crippen molar-refractivity contribution in [1.29, 1.82) is 0 Å². The fourth-order valence-corrected chi connectivity index (χ4v) is 2.00. The zero-order valence-electron chi connectivity index (χ0n) is 8.97. The molecular formula is C11H16N2OS. The van der Waals surface area contributed by atoms with E-state index in [0.717, 1.165) is 12.0 Å². The van der Waals surface area contributed by atoms with Crippen molar-refractivity contribution in [3.8, 4) is 0 Å². The van der Waals surface area contributed by atoms with Gasteiger partial charge in [-0.2, -0.15) is 0 Å². The Labute approximate surface area is 94.4 Å². The number of benzene rings is 1. The number of rotatable bonds is 4. The fourth-order valence-electron chi connectivity index (χ4n) is 1.08. The first-order valence-corrected chi connectivity index (χ1v) is 5.80. The topological polar surface area (TPSA) is 58.6 Å². The minimum absolute atomic E-state index is 0.148. The zero-order valence-corrected chi connectivity index (χ0v) is 9.79. The molecule has 1 atom stereocenters. The number of nitrogens with zero attached hydrogens (tertiary/aromatic N) is 1. The third kappa shape index (κ3) is 3.47. The average molecular weight is 224 g/mol. The Hall–Kier alpha value is -1.16. The summed E-state index contributed by atoms with van der Waals surface area (Å²) in [5.41, 5.74) is 6.21. The molecule has 0 bridgehead atoms. The van der Waals surface area contributed by atoms with Gasteiger partial charge in [0.15, 0.2) is 5.84 Å². The van der Waals surface area contributed by atoms with Crippen molar-refractivity contribution < 1.29 is 5.21 Å². The van der Waals surface area contributed by atoms with Gasteiger partial charge >= 0.3 is 0 Å². The SMILES string of the molecule is CCC(C)Sc1ccc(/C(N)=N/O)cc1. The number of nitrogens with two attached hydrogens (primary N) is 1. The van der Waals surface area contributed by atoms with Gasteiger partial charge in [0.25, 0.3) is 0 Å². The van der Waals surface area contributed by atoms with Gasteiger partial charge in [0.05, 0.1) is 0 Å². The molecule has 0 fully saturated rings. The van der Waals surface area contributed by atoms with E-state index in [2.05, 4.69) is 19.0 Å². The highest BCUT2D eigenvalue weighted by molar-refractivity contribution is 7.99. The minimum Gasteiger partial charge on any atom is -0.409 e. The van der Waals surface area contributed by atoms with E-state index in [1.807, 2.05) is 36.0 Å². The number of hydrogen-bond acceptors (Lipinski definition) is 3. The Morgan fingerprint density at radius 3 is 2.53 bits per heavy atom. The molecule has 82 valence electrons. The summed E-state index contributed by atoms with van der Waals surface area (Å²) in [6.07, 6.45) is 1.15. The fraction of sp³-hybridized carbons (Fsp3) is 0.364. The molecule has 0 amide bonds. The predicted octanol–water partition coefficient (Wildman–Crippen LogP) is 2.67. The summed E-state index contributed by atoms with van der Waals surface area (Å²) in [6.45, 7) is 4.37. The quantitative estimate of drug-likeness (QED) is 0.272. The molecule has 0 radical (unpaired) electrons. The summed E-state index contributed by atoms with van der Waals surface area (Å²) >= 11 is 1.83. The van der Waals surface area contributed by atoms with Gasteiger partial charge in [-0.3, -0.25) is 0 Å². The van der Waals surface area contributed by atoms with Crippen molar-refractivity contribution >= 4 is 17.6 Å². The van der Waals surface area contributed by atoms with Crippen LogP contribution in [0.4, 0.5) is 0 Å². The lowest BCUT2D eigenvalue weighted by molar-refractivity contribution is 0.318. The average Bonchev–Trinajstić information content (AvgIpc) is 2.29. The number of oxime groups is 1. The molecular weight excluding hydrogens is 208 g/mol. The Bertz CT molecular complexity index is 335. The van der Waals surface area contributed by atoms with Crippen LogP contribution in [0.3, 0.4) is 0 Å². The largest absolute Gasteiger partial charge is 0.409 e. The van der Waals surface area contributed by atoms with Crippen molar-refractivity contribution in [2.24, 2.45) is 10.9 Å². The Kier molecular flexibility index (Phi) is 4.49. The molecule has 1 aromatic rings. The molecule has 1 rings (SSSR count). The molecule has 0 aromatic heterocycles. The van der Waals surface area contributed by atoms with Crippen LogP contribution in [-0.2, 0) is 0 Å². The number of amidine groups is 1. The van der Waals surface area contributed by atoms with Crippen LogP contribution >= 0.6 is 11.8 Å². The Morgan fingerprint density at radius 2 is 2.07 bits per heavy atom. The van der Waals surface area contributed by atoms with Gasteiger partial charge in [-0.1, -0.05) is 31.1 Å². The predicted molar refractivity (Wildman–Crippen MR) is 64.6 cm³/mol. The molecule has 15 heavy (non-hydrogen) atoms. The van der Waals surface area contributed by atoms with Crippen molar-refractivity contribution in [2.45, 2.75) is 30.4 Å². The third-order valence-electron chi connectivity index (χ3n) is 2.17. The molecule has 0 aliphatic carbocycles. The zero-order chi connectivity index (χ0) is 11.3. The minimum atomic E-state index is 0.148. The van der Waals surface area contributed by atoms with Gasteiger partial charge < -0.3 is 10.9 Å². The molecule has 0 aliphatic heterocycles. The van der Waals surface area contributed by atoms with E-state index in [9.17, 15) is 0 Å². The molecule has 4 heteroatoms. The summed E-state index contributed by atoms with van der Waals surface area (Å²) in [5, 5.41) is 12.1. The second-order valence-corrected chi connectivity index (χ2v) is 4.86. The summed E-state index contributed by atoms with van der Waals surface area (Å²) in [7, 11) is 0. The van der Waals surface area contributed by atoms with Crippen LogP contribution in [0.25, 0.3) is 0 Å². The second kappa shape index (κ2) is 5.66. The van der Waals surface area contributed by atoms with Crippen molar-refractivity contribution in [2.75, 3.05) is 0 Å². The van der Waals surface area contributed by atoms with Gasteiger partial charge in [0, 0.05) is 15.7 Å². The van der Waals surface area contributed by atoms with Gasteiger partial charge in [-0.15, -0.1) is 11.8 Å². The third-order valence-corrected chi connectivity index (χ3v) is 3.45. The molecule has 0 spiro atoms. The molecule has 0 heterocycles. The monoisotopic (exact) mass is 224 g/mol. The standard InChI is InChI=1S/C11H16N2OS/c1-3-8(2)15-10-6-4-9(5-7-10)11(12)13-14/h4-8,14H,3H2,1-2H3,(H2,12,13). The van der Waals surface area contributed by atoms with Gasteiger partial charge in [-0.05, 0) is 18.6 Å².